The van der Waals surface area contributed by atoms with E-state index in [1.807, 2.05) is 54.6 Å². The van der Waals surface area contributed by atoms with Crippen LogP contribution in [0.5, 0.6) is 0 Å². The van der Waals surface area contributed by atoms with Crippen molar-refractivity contribution < 1.29 is 14.4 Å². The largest absolute Gasteiger partial charge is 0.361 e. The number of carbonyl (C=O) groups is 3. The fourth-order valence-corrected chi connectivity index (χ4v) is 2.80. The van der Waals surface area contributed by atoms with Gasteiger partial charge in [0.2, 0.25) is 11.8 Å². The van der Waals surface area contributed by atoms with Crippen LogP contribution in [0.2, 0.25) is 0 Å². The second-order valence-electron chi connectivity index (χ2n) is 6.55. The van der Waals surface area contributed by atoms with Crippen molar-refractivity contribution in [3.05, 3.63) is 78.0 Å². The summed E-state index contributed by atoms with van der Waals surface area (Å²) in [6, 6.07) is 16.2. The molecule has 148 valence electrons. The van der Waals surface area contributed by atoms with Gasteiger partial charge in [-0.3, -0.25) is 25.2 Å². The summed E-state index contributed by atoms with van der Waals surface area (Å²) in [5.41, 5.74) is 7.37. The van der Waals surface area contributed by atoms with E-state index in [1.54, 1.807) is 12.3 Å². The highest BCUT2D eigenvalue weighted by atomic mass is 16.2. The van der Waals surface area contributed by atoms with E-state index in [4.69, 9.17) is 0 Å². The Labute approximate surface area is 168 Å². The number of nitrogens with one attached hydrogen (secondary N) is 4. The average molecular weight is 390 g/mol. The first-order valence-electron chi connectivity index (χ1n) is 9.20. The van der Waals surface area contributed by atoms with Crippen molar-refractivity contribution in [3.63, 3.8) is 0 Å². The molecule has 1 aromatic heterocycles. The first kappa shape index (κ1) is 19.9. The number of aromatic amines is 1. The molecule has 0 spiro atoms. The number of benzene rings is 2. The molecule has 0 saturated heterocycles. The van der Waals surface area contributed by atoms with Crippen molar-refractivity contribution in [1.29, 1.82) is 0 Å². The summed E-state index contributed by atoms with van der Waals surface area (Å²) in [6.07, 6.45) is 4.90. The van der Waals surface area contributed by atoms with Crippen molar-refractivity contribution in [2.24, 2.45) is 0 Å². The monoisotopic (exact) mass is 390 g/mol. The predicted molar refractivity (Wildman–Crippen MR) is 111 cm³/mol. The van der Waals surface area contributed by atoms with Gasteiger partial charge < -0.3 is 10.3 Å². The number of rotatable bonds is 6. The van der Waals surface area contributed by atoms with Gasteiger partial charge in [-0.1, -0.05) is 48.5 Å². The Morgan fingerprint density at radius 2 is 1.72 bits per heavy atom. The molecule has 0 aliphatic heterocycles. The van der Waals surface area contributed by atoms with E-state index in [1.165, 1.54) is 13.0 Å². The molecule has 0 bridgehead atoms. The van der Waals surface area contributed by atoms with Crippen molar-refractivity contribution >= 4 is 34.7 Å². The van der Waals surface area contributed by atoms with Crippen LogP contribution < -0.4 is 16.2 Å². The number of hydrogen-bond acceptors (Lipinski definition) is 3. The summed E-state index contributed by atoms with van der Waals surface area (Å²) in [7, 11) is 0. The predicted octanol–water partition coefficient (Wildman–Crippen LogP) is 2.08. The normalized spacial score (nSPS) is 11.9. The number of para-hydroxylation sites is 1. The number of H-pyrrole nitrogens is 1. The smallest absolute Gasteiger partial charge is 0.260 e. The zero-order valence-corrected chi connectivity index (χ0v) is 15.9. The highest BCUT2D eigenvalue weighted by Crippen LogP contribution is 2.17. The van der Waals surface area contributed by atoms with Crippen molar-refractivity contribution in [2.75, 3.05) is 0 Å². The Balaban J connectivity index is 1.45. The highest BCUT2D eigenvalue weighted by Gasteiger charge is 2.15. The molecule has 0 aliphatic rings. The Bertz CT molecular complexity index is 1040. The van der Waals surface area contributed by atoms with Gasteiger partial charge in [0.05, 0.1) is 6.42 Å². The summed E-state index contributed by atoms with van der Waals surface area (Å²) in [6.45, 7) is 1.54. The van der Waals surface area contributed by atoms with Crippen molar-refractivity contribution in [2.45, 2.75) is 19.4 Å². The van der Waals surface area contributed by atoms with Gasteiger partial charge in [-0.05, 0) is 30.2 Å². The van der Waals surface area contributed by atoms with Crippen LogP contribution in [0.4, 0.5) is 0 Å². The maximum absolute atomic E-state index is 12.1. The summed E-state index contributed by atoms with van der Waals surface area (Å²) >= 11 is 0. The van der Waals surface area contributed by atoms with Gasteiger partial charge in [0.1, 0.15) is 6.04 Å². The zero-order chi connectivity index (χ0) is 20.6. The minimum absolute atomic E-state index is 0.116. The average Bonchev–Trinajstić information content (AvgIpc) is 3.14. The molecule has 4 N–H and O–H groups in total. The number of aromatic nitrogens is 1. The summed E-state index contributed by atoms with van der Waals surface area (Å²) in [4.78, 5) is 39.3. The van der Waals surface area contributed by atoms with Gasteiger partial charge in [0.25, 0.3) is 5.91 Å². The number of hydrazine groups is 1. The maximum atomic E-state index is 12.1. The van der Waals surface area contributed by atoms with Crippen LogP contribution in [0.15, 0.2) is 66.9 Å². The fraction of sp³-hybridized carbons (Fsp3) is 0.136. The van der Waals surface area contributed by atoms with Crippen LogP contribution in [0.3, 0.4) is 0 Å². The molecule has 0 fully saturated rings. The Hall–Kier alpha value is -3.87. The molecule has 1 atom stereocenters. The lowest BCUT2D eigenvalue weighted by molar-refractivity contribution is -0.130. The molecule has 3 amide bonds. The minimum atomic E-state index is -0.809. The summed E-state index contributed by atoms with van der Waals surface area (Å²) in [5.74, 6) is -1.27. The van der Waals surface area contributed by atoms with Gasteiger partial charge in [0.15, 0.2) is 0 Å². The molecule has 2 aromatic carbocycles. The third kappa shape index (κ3) is 5.55. The molecule has 1 unspecified atom stereocenters. The molecule has 0 radical (unpaired) electrons. The number of hydrogen-bond donors (Lipinski definition) is 4. The van der Waals surface area contributed by atoms with Gasteiger partial charge in [0, 0.05) is 23.2 Å². The van der Waals surface area contributed by atoms with Crippen molar-refractivity contribution in [1.82, 2.24) is 21.2 Å². The number of fused-ring (bicyclic) bond motifs is 1. The van der Waals surface area contributed by atoms with Gasteiger partial charge >= 0.3 is 0 Å². The molecule has 7 nitrogen and oxygen atoms in total. The maximum Gasteiger partial charge on any atom is 0.260 e. The quantitative estimate of drug-likeness (QED) is 0.383. The molecule has 3 aromatic rings. The Morgan fingerprint density at radius 3 is 2.52 bits per heavy atom. The van der Waals surface area contributed by atoms with E-state index >= 15 is 0 Å². The first-order chi connectivity index (χ1) is 14.0. The molecule has 1 heterocycles. The lowest BCUT2D eigenvalue weighted by Crippen LogP contribution is -2.51. The van der Waals surface area contributed by atoms with Gasteiger partial charge in [-0.15, -0.1) is 0 Å². The Morgan fingerprint density at radius 1 is 1.00 bits per heavy atom. The third-order valence-electron chi connectivity index (χ3n) is 4.33. The van der Waals surface area contributed by atoms with E-state index in [0.29, 0.717) is 0 Å². The van der Waals surface area contributed by atoms with Crippen LogP contribution in [0.1, 0.15) is 18.1 Å². The van der Waals surface area contributed by atoms with Crippen LogP contribution in [-0.2, 0) is 20.8 Å². The summed E-state index contributed by atoms with van der Waals surface area (Å²) in [5, 5.41) is 3.51. The van der Waals surface area contributed by atoms with Crippen LogP contribution >= 0.6 is 0 Å². The SMILES string of the molecule is CC(NC(=O)/C=C/c1ccccc1)C(=O)NNC(=O)Cc1c[nH]c2ccccc12. The lowest BCUT2D eigenvalue weighted by atomic mass is 10.1. The molecule has 29 heavy (non-hydrogen) atoms. The topological polar surface area (TPSA) is 103 Å². The Kier molecular flexibility index (Phi) is 6.42. The van der Waals surface area contributed by atoms with E-state index < -0.39 is 17.9 Å². The fourth-order valence-electron chi connectivity index (χ4n) is 2.80. The highest BCUT2D eigenvalue weighted by molar-refractivity contribution is 5.96. The molecular formula is C22H22N4O3. The molecule has 0 saturated carbocycles. The summed E-state index contributed by atoms with van der Waals surface area (Å²) < 4.78 is 0. The number of amides is 3. The first-order valence-corrected chi connectivity index (χ1v) is 9.20. The molecular weight excluding hydrogens is 368 g/mol. The van der Waals surface area contributed by atoms with Crippen LogP contribution in [0, 0.1) is 0 Å². The molecule has 0 aliphatic carbocycles. The standard InChI is InChI=1S/C22H22N4O3/c1-15(24-20(27)12-11-16-7-3-2-4-8-16)22(29)26-25-21(28)13-17-14-23-19-10-6-5-9-18(17)19/h2-12,14-15,23H,13H2,1H3,(H,24,27)(H,25,28)(H,26,29)/b12-11+. The van der Waals surface area contributed by atoms with E-state index in [9.17, 15) is 14.4 Å². The van der Waals surface area contributed by atoms with Crippen molar-refractivity contribution in [3.8, 4) is 0 Å². The third-order valence-corrected chi connectivity index (χ3v) is 4.33. The number of carbonyl (C=O) groups excluding carboxylic acids is 3. The van der Waals surface area contributed by atoms with Crippen LogP contribution in [-0.4, -0.2) is 28.7 Å². The van der Waals surface area contributed by atoms with E-state index in [2.05, 4.69) is 21.2 Å². The van der Waals surface area contributed by atoms with E-state index in [0.717, 1.165) is 22.0 Å². The second kappa shape index (κ2) is 9.36. The molecule has 7 heteroatoms. The van der Waals surface area contributed by atoms with E-state index in [-0.39, 0.29) is 12.3 Å². The lowest BCUT2D eigenvalue weighted by Gasteiger charge is -2.13. The molecule has 3 rings (SSSR count). The minimum Gasteiger partial charge on any atom is -0.361 e. The zero-order valence-electron chi connectivity index (χ0n) is 15.9. The second-order valence-corrected chi connectivity index (χ2v) is 6.55. The van der Waals surface area contributed by atoms with Crippen LogP contribution in [0.25, 0.3) is 17.0 Å². The van der Waals surface area contributed by atoms with Gasteiger partial charge in [-0.2, -0.15) is 0 Å². The van der Waals surface area contributed by atoms with Gasteiger partial charge in [-0.25, -0.2) is 0 Å².